The van der Waals surface area contributed by atoms with Crippen molar-refractivity contribution in [3.05, 3.63) is 94.0 Å². The summed E-state index contributed by atoms with van der Waals surface area (Å²) in [6.45, 7) is 8.62. The monoisotopic (exact) mass is 512 g/mol. The van der Waals surface area contributed by atoms with Crippen molar-refractivity contribution in [1.82, 2.24) is 14.5 Å². The molecule has 2 amide bonds. The summed E-state index contributed by atoms with van der Waals surface area (Å²) in [7, 11) is 1.58. The smallest absolute Gasteiger partial charge is 0.322 e. The molecule has 0 saturated carbocycles. The van der Waals surface area contributed by atoms with Crippen molar-refractivity contribution in [2.75, 3.05) is 19.0 Å². The van der Waals surface area contributed by atoms with E-state index < -0.39 is 6.04 Å². The minimum Gasteiger partial charge on any atom is -0.495 e. The van der Waals surface area contributed by atoms with E-state index in [-0.39, 0.29) is 11.6 Å². The SMILES string of the molecule is CCCCN(C(=O)Nc1c(C)cccc1C)C(CC)c1nc2ccccc2c(=O)n1-c1ccccc1OC. The molecule has 0 bridgehead atoms. The zero-order valence-corrected chi connectivity index (χ0v) is 22.8. The molecule has 1 unspecified atom stereocenters. The Morgan fingerprint density at radius 2 is 1.68 bits per heavy atom. The van der Waals surface area contributed by atoms with Crippen molar-refractivity contribution >= 4 is 22.6 Å². The summed E-state index contributed by atoms with van der Waals surface area (Å²) in [5, 5.41) is 3.66. The first-order chi connectivity index (χ1) is 18.4. The van der Waals surface area contributed by atoms with Gasteiger partial charge in [0.05, 0.1) is 29.7 Å². The van der Waals surface area contributed by atoms with E-state index in [1.807, 2.05) is 86.3 Å². The number of aryl methyl sites for hydroxylation is 2. The second-order valence-electron chi connectivity index (χ2n) is 9.47. The molecule has 0 aliphatic carbocycles. The highest BCUT2D eigenvalue weighted by atomic mass is 16.5. The number of hydrogen-bond acceptors (Lipinski definition) is 4. The van der Waals surface area contributed by atoms with E-state index in [1.54, 1.807) is 17.7 Å². The van der Waals surface area contributed by atoms with Gasteiger partial charge in [-0.05, 0) is 62.1 Å². The summed E-state index contributed by atoms with van der Waals surface area (Å²) in [5.74, 6) is 1.07. The van der Waals surface area contributed by atoms with E-state index in [0.717, 1.165) is 29.7 Å². The van der Waals surface area contributed by atoms with E-state index in [0.29, 0.717) is 41.1 Å². The molecule has 0 aliphatic heterocycles. The Balaban J connectivity index is 1.91. The highest BCUT2D eigenvalue weighted by molar-refractivity contribution is 5.91. The molecule has 4 aromatic rings. The van der Waals surface area contributed by atoms with Crippen molar-refractivity contribution < 1.29 is 9.53 Å². The number of ether oxygens (including phenoxy) is 1. The third kappa shape index (κ3) is 5.28. The number of carbonyl (C=O) groups excluding carboxylic acids is 1. The van der Waals surface area contributed by atoms with E-state index in [2.05, 4.69) is 12.2 Å². The first-order valence-corrected chi connectivity index (χ1v) is 13.2. The molecular formula is C31H36N4O3. The van der Waals surface area contributed by atoms with Gasteiger partial charge >= 0.3 is 6.03 Å². The van der Waals surface area contributed by atoms with Gasteiger partial charge in [0.15, 0.2) is 0 Å². The second-order valence-corrected chi connectivity index (χ2v) is 9.47. The maximum Gasteiger partial charge on any atom is 0.322 e. The summed E-state index contributed by atoms with van der Waals surface area (Å²) >= 11 is 0. The highest BCUT2D eigenvalue weighted by Crippen LogP contribution is 2.31. The quantitative estimate of drug-likeness (QED) is 0.268. The minimum absolute atomic E-state index is 0.195. The Hall–Kier alpha value is -4.13. The van der Waals surface area contributed by atoms with Gasteiger partial charge in [-0.25, -0.2) is 9.78 Å². The van der Waals surface area contributed by atoms with Gasteiger partial charge in [-0.2, -0.15) is 0 Å². The number of amides is 2. The summed E-state index contributed by atoms with van der Waals surface area (Å²) in [6.07, 6.45) is 2.32. The lowest BCUT2D eigenvalue weighted by Gasteiger charge is -2.33. The van der Waals surface area contributed by atoms with E-state index in [1.165, 1.54) is 0 Å². The number of urea groups is 1. The number of carbonyl (C=O) groups is 1. The second kappa shape index (κ2) is 11.9. The van der Waals surface area contributed by atoms with E-state index in [9.17, 15) is 9.59 Å². The van der Waals surface area contributed by atoms with Crippen LogP contribution in [-0.2, 0) is 0 Å². The van der Waals surface area contributed by atoms with Gasteiger partial charge in [0, 0.05) is 12.2 Å². The zero-order valence-electron chi connectivity index (χ0n) is 22.8. The van der Waals surface area contributed by atoms with Crippen LogP contribution < -0.4 is 15.6 Å². The van der Waals surface area contributed by atoms with Crippen molar-refractivity contribution in [2.45, 2.75) is 53.0 Å². The predicted molar refractivity (Wildman–Crippen MR) is 153 cm³/mol. The van der Waals surface area contributed by atoms with Crippen LogP contribution in [0.1, 0.15) is 56.1 Å². The standard InChI is InChI=1S/C31H36N4O3/c1-6-8-20-34(31(37)33-28-21(3)14-13-15-22(28)4)25(7-2)29-32-24-17-10-9-16-23(24)30(36)35(29)26-18-11-12-19-27(26)38-5/h9-19,25H,6-8,20H2,1-5H3,(H,33,37). The van der Waals surface area contributed by atoms with E-state index in [4.69, 9.17) is 9.72 Å². The Labute approximate surface area is 224 Å². The normalized spacial score (nSPS) is 11.8. The van der Waals surface area contributed by atoms with Crippen LogP contribution in [0.15, 0.2) is 71.5 Å². The Kier molecular flexibility index (Phi) is 8.46. The molecule has 198 valence electrons. The minimum atomic E-state index is -0.451. The van der Waals surface area contributed by atoms with Crippen LogP contribution >= 0.6 is 0 Å². The van der Waals surface area contributed by atoms with Crippen LogP contribution in [-0.4, -0.2) is 34.1 Å². The number of hydrogen-bond donors (Lipinski definition) is 1. The first kappa shape index (κ1) is 26.9. The molecule has 4 rings (SSSR count). The molecule has 0 aliphatic rings. The van der Waals surface area contributed by atoms with Crippen LogP contribution in [0.4, 0.5) is 10.5 Å². The lowest BCUT2D eigenvalue weighted by Crippen LogP contribution is -2.41. The van der Waals surface area contributed by atoms with Crippen LogP contribution in [0.5, 0.6) is 5.75 Å². The molecule has 0 radical (unpaired) electrons. The number of para-hydroxylation sites is 4. The molecule has 1 N–H and O–H groups in total. The highest BCUT2D eigenvalue weighted by Gasteiger charge is 2.30. The van der Waals surface area contributed by atoms with Gasteiger partial charge in [0.25, 0.3) is 5.56 Å². The third-order valence-electron chi connectivity index (χ3n) is 6.92. The fourth-order valence-electron chi connectivity index (χ4n) is 4.88. The number of unbranched alkanes of at least 4 members (excludes halogenated alkanes) is 1. The van der Waals surface area contributed by atoms with Crippen LogP contribution in [0.2, 0.25) is 0 Å². The molecule has 1 atom stereocenters. The Bertz CT molecular complexity index is 1470. The average Bonchev–Trinajstić information content (AvgIpc) is 2.93. The van der Waals surface area contributed by atoms with Crippen molar-refractivity contribution in [2.24, 2.45) is 0 Å². The topological polar surface area (TPSA) is 76.5 Å². The molecule has 1 aromatic heterocycles. The fraction of sp³-hybridized carbons (Fsp3) is 0.323. The van der Waals surface area contributed by atoms with Crippen LogP contribution in [0.3, 0.4) is 0 Å². The third-order valence-corrected chi connectivity index (χ3v) is 6.92. The first-order valence-electron chi connectivity index (χ1n) is 13.2. The molecule has 7 nitrogen and oxygen atoms in total. The molecule has 7 heteroatoms. The fourth-order valence-corrected chi connectivity index (χ4v) is 4.88. The summed E-state index contributed by atoms with van der Waals surface area (Å²) < 4.78 is 7.24. The van der Waals surface area contributed by atoms with Gasteiger partial charge in [-0.15, -0.1) is 0 Å². The molecule has 3 aromatic carbocycles. The molecule has 0 saturated heterocycles. The number of benzene rings is 3. The van der Waals surface area contributed by atoms with Crippen molar-refractivity contribution in [3.8, 4) is 11.4 Å². The number of anilines is 1. The largest absolute Gasteiger partial charge is 0.495 e. The molecule has 0 fully saturated rings. The maximum absolute atomic E-state index is 14.0. The molecule has 0 spiro atoms. The van der Waals surface area contributed by atoms with Gasteiger partial charge < -0.3 is 15.0 Å². The zero-order chi connectivity index (χ0) is 27.2. The van der Waals surface area contributed by atoms with Gasteiger partial charge in [0.2, 0.25) is 0 Å². The van der Waals surface area contributed by atoms with Gasteiger partial charge in [-0.3, -0.25) is 9.36 Å². The number of methoxy groups -OCH3 is 1. The van der Waals surface area contributed by atoms with Crippen molar-refractivity contribution in [1.29, 1.82) is 0 Å². The molecule has 1 heterocycles. The predicted octanol–water partition coefficient (Wildman–Crippen LogP) is 6.80. The van der Waals surface area contributed by atoms with Crippen LogP contribution in [0.25, 0.3) is 16.6 Å². The summed E-state index contributed by atoms with van der Waals surface area (Å²) in [6, 6.07) is 20.0. The Morgan fingerprint density at radius 1 is 1.00 bits per heavy atom. The lowest BCUT2D eigenvalue weighted by molar-refractivity contribution is 0.180. The maximum atomic E-state index is 14.0. The summed E-state index contributed by atoms with van der Waals surface area (Å²) in [4.78, 5) is 34.7. The van der Waals surface area contributed by atoms with Crippen LogP contribution in [0, 0.1) is 13.8 Å². The van der Waals surface area contributed by atoms with Gasteiger partial charge in [-0.1, -0.05) is 62.7 Å². The summed E-state index contributed by atoms with van der Waals surface area (Å²) in [5.41, 5.74) is 3.80. The Morgan fingerprint density at radius 3 is 2.37 bits per heavy atom. The molecule has 38 heavy (non-hydrogen) atoms. The number of nitrogens with zero attached hydrogens (tertiary/aromatic N) is 3. The van der Waals surface area contributed by atoms with Crippen molar-refractivity contribution in [3.63, 3.8) is 0 Å². The lowest BCUT2D eigenvalue weighted by atomic mass is 10.1. The molecular weight excluding hydrogens is 476 g/mol. The number of aromatic nitrogens is 2. The average molecular weight is 513 g/mol. The van der Waals surface area contributed by atoms with Gasteiger partial charge in [0.1, 0.15) is 11.6 Å². The van der Waals surface area contributed by atoms with E-state index >= 15 is 0 Å². The number of rotatable bonds is 9. The number of fused-ring (bicyclic) bond motifs is 1. The number of nitrogens with one attached hydrogen (secondary N) is 1.